The number of fused-ring (bicyclic) bond motifs is 1. The normalized spacial score (nSPS) is 15.3. The van der Waals surface area contributed by atoms with Crippen molar-refractivity contribution in [1.82, 2.24) is 29.1 Å². The lowest BCUT2D eigenvalue weighted by Crippen LogP contribution is -2.55. The van der Waals surface area contributed by atoms with Crippen LogP contribution in [-0.2, 0) is 21.4 Å². The van der Waals surface area contributed by atoms with Gasteiger partial charge in [-0.15, -0.1) is 0 Å². The number of hydrogen-bond donors (Lipinski definition) is 3. The summed E-state index contributed by atoms with van der Waals surface area (Å²) in [4.78, 5) is 29.0. The zero-order valence-corrected chi connectivity index (χ0v) is 20.4. The van der Waals surface area contributed by atoms with E-state index in [1.807, 2.05) is 23.2 Å². The fourth-order valence-electron chi connectivity index (χ4n) is 4.48. The second-order valence-electron chi connectivity index (χ2n) is 8.65. The van der Waals surface area contributed by atoms with Crippen LogP contribution in [0, 0.1) is 0 Å². The topological polar surface area (TPSA) is 142 Å². The second-order valence-corrected chi connectivity index (χ2v) is 10.3. The van der Waals surface area contributed by atoms with Crippen molar-refractivity contribution >= 4 is 38.6 Å². The highest BCUT2D eigenvalue weighted by molar-refractivity contribution is 7.89. The van der Waals surface area contributed by atoms with E-state index < -0.39 is 16.1 Å². The highest BCUT2D eigenvalue weighted by atomic mass is 32.2. The molecule has 4 N–H and O–H groups in total. The minimum Gasteiger partial charge on any atom is -0.385 e. The van der Waals surface area contributed by atoms with Crippen LogP contribution in [0.1, 0.15) is 6.42 Å². The molecule has 12 heteroatoms. The molecular formula is C24H28N8O3S. The van der Waals surface area contributed by atoms with Crippen LogP contribution < -0.4 is 15.4 Å². The molecule has 0 bridgehead atoms. The number of benzene rings is 1. The summed E-state index contributed by atoms with van der Waals surface area (Å²) in [6, 6.07) is 11.1. The molecule has 1 unspecified atom stereocenters. The van der Waals surface area contributed by atoms with Crippen molar-refractivity contribution in [2.24, 2.45) is 0 Å². The lowest BCUT2D eigenvalue weighted by atomic mass is 10.1. The summed E-state index contributed by atoms with van der Waals surface area (Å²) in [7, 11) is -3.98. The number of carbonyl (C=O) groups is 1. The predicted octanol–water partition coefficient (Wildman–Crippen LogP) is 1.43. The first-order valence-electron chi connectivity index (χ1n) is 11.7. The molecule has 1 fully saturated rings. The molecular weight excluding hydrogens is 480 g/mol. The fourth-order valence-corrected chi connectivity index (χ4v) is 5.92. The van der Waals surface area contributed by atoms with Gasteiger partial charge in [-0.1, -0.05) is 6.07 Å². The van der Waals surface area contributed by atoms with Gasteiger partial charge in [-0.3, -0.25) is 4.79 Å². The van der Waals surface area contributed by atoms with Crippen molar-refractivity contribution in [3.63, 3.8) is 0 Å². The average Bonchev–Trinajstić information content (AvgIpc) is 3.55. The highest BCUT2D eigenvalue weighted by Crippen LogP contribution is 2.23. The number of piperazine rings is 1. The van der Waals surface area contributed by atoms with E-state index in [9.17, 15) is 13.2 Å². The van der Waals surface area contributed by atoms with Crippen LogP contribution in [-0.4, -0.2) is 71.0 Å². The summed E-state index contributed by atoms with van der Waals surface area (Å²) >= 11 is 0. The first-order chi connectivity index (χ1) is 17.4. The van der Waals surface area contributed by atoms with Crippen LogP contribution in [0.25, 0.3) is 10.9 Å². The Labute approximate surface area is 209 Å². The molecule has 1 aromatic carbocycles. The third kappa shape index (κ3) is 4.90. The summed E-state index contributed by atoms with van der Waals surface area (Å²) in [5.41, 5.74) is 6.70. The smallest absolute Gasteiger partial charge is 0.241 e. The quantitative estimate of drug-likeness (QED) is 0.327. The number of nitrogen functional groups attached to an aromatic ring is 1. The molecule has 36 heavy (non-hydrogen) atoms. The first kappa shape index (κ1) is 23.8. The Bertz CT molecular complexity index is 1440. The number of H-pyrrole nitrogens is 1. The molecule has 5 rings (SSSR count). The summed E-state index contributed by atoms with van der Waals surface area (Å²) in [6.45, 7) is 2.39. The molecule has 1 aliphatic heterocycles. The lowest BCUT2D eigenvalue weighted by Gasteiger charge is -2.36. The molecule has 188 valence electrons. The fraction of sp³-hybridized carbons (Fsp3) is 0.292. The number of aromatic nitrogens is 4. The van der Waals surface area contributed by atoms with E-state index in [0.717, 1.165) is 0 Å². The van der Waals surface area contributed by atoms with Crippen molar-refractivity contribution in [2.75, 3.05) is 36.8 Å². The first-order valence-corrected chi connectivity index (χ1v) is 13.2. The summed E-state index contributed by atoms with van der Waals surface area (Å²) in [5, 5.41) is 0.572. The van der Waals surface area contributed by atoms with Gasteiger partial charge in [0.05, 0.1) is 4.90 Å². The van der Waals surface area contributed by atoms with E-state index in [-0.39, 0.29) is 17.2 Å². The monoisotopic (exact) mass is 508 g/mol. The number of hydrogen-bond acceptors (Lipinski definition) is 7. The number of nitrogens with one attached hydrogen (secondary N) is 2. The number of aromatic amines is 1. The summed E-state index contributed by atoms with van der Waals surface area (Å²) in [6.07, 6.45) is 7.12. The Kier molecular flexibility index (Phi) is 6.61. The molecule has 0 saturated carbocycles. The number of carbonyl (C=O) groups excluding carboxylic acids is 1. The number of rotatable bonds is 8. The van der Waals surface area contributed by atoms with Gasteiger partial charge in [0.25, 0.3) is 0 Å². The minimum atomic E-state index is -3.98. The van der Waals surface area contributed by atoms with Gasteiger partial charge in [-0.2, -0.15) is 4.72 Å². The number of nitrogens with two attached hydrogens (primary N) is 1. The van der Waals surface area contributed by atoms with Gasteiger partial charge in [0.15, 0.2) is 0 Å². The molecule has 1 atom stereocenters. The third-order valence-corrected chi connectivity index (χ3v) is 7.92. The highest BCUT2D eigenvalue weighted by Gasteiger charge is 2.32. The zero-order valence-electron chi connectivity index (χ0n) is 19.6. The van der Waals surface area contributed by atoms with E-state index in [1.165, 1.54) is 0 Å². The maximum atomic E-state index is 13.6. The minimum absolute atomic E-state index is 0.130. The van der Waals surface area contributed by atoms with Gasteiger partial charge in [0.2, 0.25) is 21.9 Å². The van der Waals surface area contributed by atoms with Crippen LogP contribution in [0.15, 0.2) is 72.1 Å². The molecule has 1 amide bonds. The Hall–Kier alpha value is -3.90. The third-order valence-electron chi connectivity index (χ3n) is 6.39. The molecule has 0 aliphatic carbocycles. The number of sulfonamides is 1. The molecule has 1 aliphatic rings. The molecule has 3 aromatic heterocycles. The standard InChI is InChI=1S/C24H28N8O3S/c25-22-6-2-12-30(22)13-8-20(29-36(34,35)21-5-1-4-19-18(21)7-11-26-19)23(33)31-14-16-32(17-15-31)24-27-9-3-10-28-24/h1-7,9-12,20,26,29H,8,13-17,25H2. The maximum Gasteiger partial charge on any atom is 0.241 e. The largest absolute Gasteiger partial charge is 0.385 e. The molecule has 1 saturated heterocycles. The van der Waals surface area contributed by atoms with E-state index in [1.54, 1.807) is 58.4 Å². The Morgan fingerprint density at radius 1 is 1.06 bits per heavy atom. The van der Waals surface area contributed by atoms with Crippen LogP contribution in [0.4, 0.5) is 11.8 Å². The van der Waals surface area contributed by atoms with Crippen molar-refractivity contribution in [3.05, 3.63) is 67.3 Å². The number of amides is 1. The van der Waals surface area contributed by atoms with Crippen molar-refractivity contribution in [2.45, 2.75) is 23.9 Å². The van der Waals surface area contributed by atoms with Crippen LogP contribution in [0.2, 0.25) is 0 Å². The Balaban J connectivity index is 1.35. The second kappa shape index (κ2) is 9.99. The van der Waals surface area contributed by atoms with Gasteiger partial charge >= 0.3 is 0 Å². The SMILES string of the molecule is Nc1cccn1CCC(NS(=O)(=O)c1cccc2[nH]ccc12)C(=O)N1CCN(c2ncccn2)CC1. The van der Waals surface area contributed by atoms with Gasteiger partial charge in [0.1, 0.15) is 11.9 Å². The van der Waals surface area contributed by atoms with Crippen LogP contribution in [0.3, 0.4) is 0 Å². The van der Waals surface area contributed by atoms with E-state index in [0.29, 0.717) is 55.4 Å². The van der Waals surface area contributed by atoms with Crippen molar-refractivity contribution < 1.29 is 13.2 Å². The number of anilines is 2. The molecule has 4 aromatic rings. The molecule has 11 nitrogen and oxygen atoms in total. The summed E-state index contributed by atoms with van der Waals surface area (Å²) in [5.74, 6) is 0.904. The van der Waals surface area contributed by atoms with Gasteiger partial charge in [-0.05, 0) is 42.8 Å². The maximum absolute atomic E-state index is 13.6. The van der Waals surface area contributed by atoms with E-state index >= 15 is 0 Å². The van der Waals surface area contributed by atoms with Crippen molar-refractivity contribution in [3.8, 4) is 0 Å². The number of aryl methyl sites for hydroxylation is 1. The zero-order chi connectivity index (χ0) is 25.1. The van der Waals surface area contributed by atoms with E-state index in [2.05, 4.69) is 19.7 Å². The molecule has 0 radical (unpaired) electrons. The van der Waals surface area contributed by atoms with Gasteiger partial charge in [-0.25, -0.2) is 18.4 Å². The molecule has 0 spiro atoms. The van der Waals surface area contributed by atoms with Crippen molar-refractivity contribution in [1.29, 1.82) is 0 Å². The van der Waals surface area contributed by atoms with Gasteiger partial charge < -0.3 is 25.1 Å². The predicted molar refractivity (Wildman–Crippen MR) is 137 cm³/mol. The number of nitrogens with zero attached hydrogens (tertiary/aromatic N) is 5. The van der Waals surface area contributed by atoms with Gasteiger partial charge in [0, 0.05) is 68.4 Å². The lowest BCUT2D eigenvalue weighted by molar-refractivity contribution is -0.133. The average molecular weight is 509 g/mol. The Morgan fingerprint density at radius 2 is 1.83 bits per heavy atom. The summed E-state index contributed by atoms with van der Waals surface area (Å²) < 4.78 is 31.4. The molecule has 4 heterocycles. The Morgan fingerprint density at radius 3 is 2.56 bits per heavy atom. The van der Waals surface area contributed by atoms with Crippen LogP contribution in [0.5, 0.6) is 0 Å². The van der Waals surface area contributed by atoms with Crippen LogP contribution >= 0.6 is 0 Å². The van der Waals surface area contributed by atoms with E-state index in [4.69, 9.17) is 5.73 Å².